The second kappa shape index (κ2) is 46.2. The lowest BCUT2D eigenvalue weighted by Crippen LogP contribution is -2.03. The van der Waals surface area contributed by atoms with E-state index in [1.165, 1.54) is 146 Å². The summed E-state index contributed by atoms with van der Waals surface area (Å²) in [5, 5.41) is 47.1. The fourth-order valence-electron chi connectivity index (χ4n) is 8.29. The smallest absolute Gasteiger partial charge is 0.339 e. The van der Waals surface area contributed by atoms with Crippen LogP contribution >= 0.6 is 0 Å². The van der Waals surface area contributed by atoms with E-state index in [0.717, 1.165) is 81.8 Å². The summed E-state index contributed by atoms with van der Waals surface area (Å²) in [4.78, 5) is 11.2. The van der Waals surface area contributed by atoms with Crippen molar-refractivity contribution in [3.63, 3.8) is 0 Å². The molecule has 3 aromatic carbocycles. The SMILES string of the molecule is C=CC/C=C\C/C=C\CCCCCCCc1cccc(O)c1.C=CC/C=C\C/C=C\CCCCCCCc1cccc(O)c1C(=O)O.CCCCCCCCCCCCCCCc1cc(O)cc(O)c1. The second-order valence-electron chi connectivity index (χ2n) is 18.7. The molecule has 0 fully saturated rings. The Hall–Kier alpha value is -5.23. The predicted molar refractivity (Wildman–Crippen MR) is 301 cm³/mol. The third-order valence-corrected chi connectivity index (χ3v) is 12.3. The largest absolute Gasteiger partial charge is 0.508 e. The number of aromatic carboxylic acids is 1. The monoisotopic (exact) mass is 961 g/mol. The number of benzene rings is 3. The van der Waals surface area contributed by atoms with Crippen LogP contribution in [0.5, 0.6) is 23.0 Å². The number of allylic oxidation sites excluding steroid dienone is 10. The fraction of sp³-hybridized carbons (Fsp3) is 0.516. The van der Waals surface area contributed by atoms with Crippen molar-refractivity contribution >= 4 is 5.97 Å². The molecule has 0 aromatic heterocycles. The highest BCUT2D eigenvalue weighted by atomic mass is 16.4. The summed E-state index contributed by atoms with van der Waals surface area (Å²) in [6, 6.07) is 17.4. The summed E-state index contributed by atoms with van der Waals surface area (Å²) in [6.45, 7) is 9.64. The number of phenols is 4. The average Bonchev–Trinajstić information content (AvgIpc) is 3.33. The van der Waals surface area contributed by atoms with Gasteiger partial charge in [0.05, 0.1) is 0 Å². The van der Waals surface area contributed by atoms with Crippen molar-refractivity contribution in [1.29, 1.82) is 0 Å². The maximum absolute atomic E-state index is 11.2. The van der Waals surface area contributed by atoms with E-state index in [0.29, 0.717) is 12.2 Å². The summed E-state index contributed by atoms with van der Waals surface area (Å²) in [5.41, 5.74) is 3.05. The van der Waals surface area contributed by atoms with Crippen molar-refractivity contribution in [2.75, 3.05) is 0 Å². The van der Waals surface area contributed by atoms with Crippen LogP contribution in [0.1, 0.15) is 220 Å². The number of carboxylic acid groups (broad SMARTS) is 1. The molecule has 0 unspecified atom stereocenters. The average molecular weight is 961 g/mol. The number of hydrogen-bond acceptors (Lipinski definition) is 5. The molecule has 0 heterocycles. The number of aromatic hydroxyl groups is 4. The first-order valence-electron chi connectivity index (χ1n) is 27.4. The lowest BCUT2D eigenvalue weighted by Gasteiger charge is -2.07. The van der Waals surface area contributed by atoms with Crippen molar-refractivity contribution in [2.45, 2.75) is 212 Å². The molecule has 0 saturated heterocycles. The molecule has 0 aliphatic carbocycles. The quantitative estimate of drug-likeness (QED) is 0.0287. The van der Waals surface area contributed by atoms with Crippen LogP contribution in [0.25, 0.3) is 0 Å². The standard InChI is InChI=1S/C22H30O3.C21H36O2.C21H30O/c1-2-3-4-5-6-7-8-9-10-11-12-13-14-16-19-17-15-18-20(23)21(19)22(24)25;1-2-3-4-5-6-7-8-9-10-11-12-13-14-15-19-16-20(22)18-21(23)17-19;1-2-3-4-5-6-7-8-9-10-11-12-13-14-16-20-17-15-18-21(22)19-20/h2,4-5,7-8,15,17-18,23H,1,3,6,9-14,16H2,(H,24,25);16-18,22-23H,2-15H2,1H3;2,4-5,7-8,15,17-19,22H,1,3,6,9-14,16H2/b5-4-,8-7-;;5-4-,8-7-. The Balaban J connectivity index is 0.000000526. The molecular weight excluding hydrogens is 865 g/mol. The first-order chi connectivity index (χ1) is 34.2. The highest BCUT2D eigenvalue weighted by Gasteiger charge is 2.14. The molecule has 388 valence electrons. The van der Waals surface area contributed by atoms with E-state index in [1.807, 2.05) is 24.3 Å². The van der Waals surface area contributed by atoms with Crippen molar-refractivity contribution in [3.8, 4) is 23.0 Å². The molecule has 70 heavy (non-hydrogen) atoms. The molecule has 0 aliphatic heterocycles. The topological polar surface area (TPSA) is 118 Å². The van der Waals surface area contributed by atoms with Crippen molar-refractivity contribution in [2.24, 2.45) is 0 Å². The van der Waals surface area contributed by atoms with Gasteiger partial charge in [0.2, 0.25) is 0 Å². The molecule has 0 bridgehead atoms. The van der Waals surface area contributed by atoms with Crippen LogP contribution in [-0.4, -0.2) is 31.5 Å². The Bertz CT molecular complexity index is 1850. The van der Waals surface area contributed by atoms with Gasteiger partial charge in [-0.2, -0.15) is 0 Å². The number of unbranched alkanes of at least 4 members (excludes halogenated alkanes) is 22. The second-order valence-corrected chi connectivity index (χ2v) is 18.7. The predicted octanol–water partition coefficient (Wildman–Crippen LogP) is 19.1. The van der Waals surface area contributed by atoms with Crippen molar-refractivity contribution in [1.82, 2.24) is 0 Å². The van der Waals surface area contributed by atoms with Gasteiger partial charge in [0.15, 0.2) is 0 Å². The van der Waals surface area contributed by atoms with Gasteiger partial charge in [-0.1, -0.05) is 208 Å². The highest BCUT2D eigenvalue weighted by Crippen LogP contribution is 2.24. The van der Waals surface area contributed by atoms with Crippen LogP contribution in [0.2, 0.25) is 0 Å². The van der Waals surface area contributed by atoms with E-state index in [2.05, 4.69) is 74.8 Å². The van der Waals surface area contributed by atoms with Gasteiger partial charge in [0, 0.05) is 6.07 Å². The first kappa shape index (κ1) is 62.8. The molecule has 3 aromatic rings. The third-order valence-electron chi connectivity index (χ3n) is 12.3. The van der Waals surface area contributed by atoms with E-state index >= 15 is 0 Å². The van der Waals surface area contributed by atoms with Crippen LogP contribution in [0, 0.1) is 0 Å². The van der Waals surface area contributed by atoms with Gasteiger partial charge in [-0.05, 0) is 137 Å². The minimum absolute atomic E-state index is 0.0507. The number of carbonyl (C=O) groups is 1. The van der Waals surface area contributed by atoms with Gasteiger partial charge in [0.25, 0.3) is 0 Å². The molecule has 6 heteroatoms. The molecule has 0 aliphatic rings. The number of hydrogen-bond donors (Lipinski definition) is 5. The van der Waals surface area contributed by atoms with E-state index < -0.39 is 5.97 Å². The molecule has 0 saturated carbocycles. The normalized spacial score (nSPS) is 11.3. The fourth-order valence-corrected chi connectivity index (χ4v) is 8.29. The van der Waals surface area contributed by atoms with Crippen LogP contribution in [0.15, 0.2) is 135 Å². The van der Waals surface area contributed by atoms with Gasteiger partial charge in [0.1, 0.15) is 28.6 Å². The van der Waals surface area contributed by atoms with Gasteiger partial charge < -0.3 is 25.5 Å². The zero-order valence-corrected chi connectivity index (χ0v) is 43.7. The van der Waals surface area contributed by atoms with Gasteiger partial charge in [-0.25, -0.2) is 4.79 Å². The molecule has 6 nitrogen and oxygen atoms in total. The first-order valence-corrected chi connectivity index (χ1v) is 27.4. The molecule has 0 amide bonds. The molecular formula is C64H96O6. The summed E-state index contributed by atoms with van der Waals surface area (Å²) in [5.74, 6) is -0.497. The summed E-state index contributed by atoms with van der Waals surface area (Å²) in [6.07, 6.45) is 60.1. The Morgan fingerprint density at radius 3 is 1.30 bits per heavy atom. The zero-order valence-electron chi connectivity index (χ0n) is 43.7. The third kappa shape index (κ3) is 37.6. The van der Waals surface area contributed by atoms with Crippen LogP contribution in [0.3, 0.4) is 0 Å². The Morgan fingerprint density at radius 1 is 0.429 bits per heavy atom. The Kier molecular flexibility index (Phi) is 41.4. The minimum atomic E-state index is -1.06. The lowest BCUT2D eigenvalue weighted by atomic mass is 9.99. The van der Waals surface area contributed by atoms with Gasteiger partial charge in [-0.15, -0.1) is 13.2 Å². The van der Waals surface area contributed by atoms with E-state index in [-0.39, 0.29) is 22.8 Å². The highest BCUT2D eigenvalue weighted by molar-refractivity contribution is 5.92. The maximum atomic E-state index is 11.2. The number of rotatable bonds is 39. The molecule has 3 rings (SSSR count). The molecule has 0 spiro atoms. The van der Waals surface area contributed by atoms with E-state index in [9.17, 15) is 30.3 Å². The maximum Gasteiger partial charge on any atom is 0.339 e. The number of phenolic OH excluding ortho intramolecular Hbond substituents is 3. The van der Waals surface area contributed by atoms with E-state index in [1.54, 1.807) is 30.3 Å². The summed E-state index contributed by atoms with van der Waals surface area (Å²) in [7, 11) is 0. The number of aryl methyl sites for hydroxylation is 3. The number of carboxylic acids is 1. The zero-order chi connectivity index (χ0) is 51.0. The lowest BCUT2D eigenvalue weighted by molar-refractivity contribution is 0.0692. The van der Waals surface area contributed by atoms with Crippen molar-refractivity contribution < 1.29 is 30.3 Å². The van der Waals surface area contributed by atoms with Crippen LogP contribution < -0.4 is 0 Å². The van der Waals surface area contributed by atoms with Crippen LogP contribution in [0.4, 0.5) is 0 Å². The van der Waals surface area contributed by atoms with E-state index in [4.69, 9.17) is 0 Å². The minimum Gasteiger partial charge on any atom is -0.508 e. The summed E-state index contributed by atoms with van der Waals surface area (Å²) < 4.78 is 0. The Morgan fingerprint density at radius 2 is 0.829 bits per heavy atom. The van der Waals surface area contributed by atoms with Gasteiger partial charge >= 0.3 is 5.97 Å². The molecule has 0 radical (unpaired) electrons. The van der Waals surface area contributed by atoms with Gasteiger partial charge in [-0.3, -0.25) is 0 Å². The molecule has 0 atom stereocenters. The Labute approximate surface area is 426 Å². The van der Waals surface area contributed by atoms with Crippen LogP contribution in [-0.2, 0) is 19.3 Å². The summed E-state index contributed by atoms with van der Waals surface area (Å²) >= 11 is 0. The molecule has 5 N–H and O–H groups in total. The van der Waals surface area contributed by atoms with Crippen molar-refractivity contribution in [3.05, 3.63) is 157 Å².